The molecular weight excluding hydrogens is 192 g/mol. The highest BCUT2D eigenvalue weighted by Gasteiger charge is 2.07. The molecule has 0 aliphatic carbocycles. The minimum absolute atomic E-state index is 0.674. The lowest BCUT2D eigenvalue weighted by Crippen LogP contribution is -2.08. The zero-order valence-electron chi connectivity index (χ0n) is 9.10. The summed E-state index contributed by atoms with van der Waals surface area (Å²) in [6, 6.07) is 0. The third kappa shape index (κ3) is 1.83. The summed E-state index contributed by atoms with van der Waals surface area (Å²) in [5, 5.41) is 10.9. The Morgan fingerprint density at radius 3 is 2.87 bits per heavy atom. The molecule has 0 aromatic carbocycles. The van der Waals surface area contributed by atoms with Crippen LogP contribution in [0.3, 0.4) is 0 Å². The summed E-state index contributed by atoms with van der Waals surface area (Å²) in [4.78, 5) is 4.33. The monoisotopic (exact) mass is 206 g/mol. The predicted octanol–water partition coefficient (Wildman–Crippen LogP) is 0.410. The van der Waals surface area contributed by atoms with E-state index in [1.165, 1.54) is 0 Å². The van der Waals surface area contributed by atoms with Gasteiger partial charge in [0.15, 0.2) is 5.82 Å². The molecular formula is C9H14N6. The number of aryl methyl sites for hydroxylation is 2. The Morgan fingerprint density at radius 1 is 1.47 bits per heavy atom. The molecule has 0 atom stereocenters. The predicted molar refractivity (Wildman–Crippen MR) is 56.6 cm³/mol. The molecule has 0 saturated carbocycles. The van der Waals surface area contributed by atoms with Crippen LogP contribution in [0.4, 0.5) is 5.95 Å². The maximum atomic E-state index is 4.33. The molecule has 2 aromatic rings. The number of hydrogen-bond donors (Lipinski definition) is 1. The molecule has 6 nitrogen and oxygen atoms in total. The van der Waals surface area contributed by atoms with Crippen LogP contribution < -0.4 is 5.32 Å². The lowest BCUT2D eigenvalue weighted by atomic mass is 10.5. The van der Waals surface area contributed by atoms with E-state index in [0.717, 1.165) is 17.5 Å². The number of aromatic nitrogens is 5. The molecule has 0 bridgehead atoms. The summed E-state index contributed by atoms with van der Waals surface area (Å²) >= 11 is 0. The van der Waals surface area contributed by atoms with Gasteiger partial charge < -0.3 is 14.5 Å². The van der Waals surface area contributed by atoms with Crippen LogP contribution in [0.2, 0.25) is 0 Å². The number of hydrogen-bond acceptors (Lipinski definition) is 4. The molecule has 0 saturated heterocycles. The third-order valence-corrected chi connectivity index (χ3v) is 2.24. The van der Waals surface area contributed by atoms with E-state index in [0.29, 0.717) is 6.54 Å². The molecule has 2 aromatic heterocycles. The average molecular weight is 206 g/mol. The van der Waals surface area contributed by atoms with E-state index in [-0.39, 0.29) is 0 Å². The molecule has 0 aliphatic rings. The Labute approximate surface area is 88.0 Å². The largest absolute Gasteiger partial charge is 0.359 e. The molecule has 80 valence electrons. The van der Waals surface area contributed by atoms with Gasteiger partial charge in [-0.15, -0.1) is 10.2 Å². The highest BCUT2D eigenvalue weighted by molar-refractivity contribution is 5.28. The van der Waals surface area contributed by atoms with Crippen molar-refractivity contribution in [2.75, 3.05) is 12.4 Å². The molecule has 15 heavy (non-hydrogen) atoms. The molecule has 0 radical (unpaired) electrons. The van der Waals surface area contributed by atoms with Gasteiger partial charge in [0.1, 0.15) is 6.33 Å². The van der Waals surface area contributed by atoms with Crippen molar-refractivity contribution < 1.29 is 0 Å². The van der Waals surface area contributed by atoms with Gasteiger partial charge in [0.25, 0.3) is 0 Å². The summed E-state index contributed by atoms with van der Waals surface area (Å²) in [7, 11) is 3.78. The average Bonchev–Trinajstić information content (AvgIpc) is 2.75. The molecule has 0 fully saturated rings. The molecule has 6 heteroatoms. The Kier molecular flexibility index (Phi) is 2.40. The number of anilines is 1. The van der Waals surface area contributed by atoms with Gasteiger partial charge in [0.2, 0.25) is 5.95 Å². The number of nitrogens with one attached hydrogen (secondary N) is 1. The minimum atomic E-state index is 0.674. The van der Waals surface area contributed by atoms with Gasteiger partial charge >= 0.3 is 0 Å². The Morgan fingerprint density at radius 2 is 2.27 bits per heavy atom. The van der Waals surface area contributed by atoms with E-state index in [2.05, 4.69) is 20.5 Å². The second-order valence-electron chi connectivity index (χ2n) is 3.44. The van der Waals surface area contributed by atoms with Crippen LogP contribution in [0.5, 0.6) is 0 Å². The SMILES string of the molecule is CNc1nc(C)cn1Cc1nncn1C. The first-order chi connectivity index (χ1) is 7.20. The fourth-order valence-electron chi connectivity index (χ4n) is 1.47. The van der Waals surface area contributed by atoms with Gasteiger partial charge in [-0.3, -0.25) is 0 Å². The molecule has 2 heterocycles. The van der Waals surface area contributed by atoms with Gasteiger partial charge in [-0.25, -0.2) is 4.98 Å². The molecule has 1 N–H and O–H groups in total. The van der Waals surface area contributed by atoms with E-state index in [1.807, 2.05) is 36.4 Å². The fraction of sp³-hybridized carbons (Fsp3) is 0.444. The highest BCUT2D eigenvalue weighted by Crippen LogP contribution is 2.09. The number of nitrogens with zero attached hydrogens (tertiary/aromatic N) is 5. The van der Waals surface area contributed by atoms with Crippen molar-refractivity contribution in [3.8, 4) is 0 Å². The third-order valence-electron chi connectivity index (χ3n) is 2.24. The van der Waals surface area contributed by atoms with Crippen molar-refractivity contribution in [3.05, 3.63) is 24.0 Å². The molecule has 0 unspecified atom stereocenters. The van der Waals surface area contributed by atoms with Crippen LogP contribution in [0.15, 0.2) is 12.5 Å². The first-order valence-corrected chi connectivity index (χ1v) is 4.75. The van der Waals surface area contributed by atoms with E-state index in [9.17, 15) is 0 Å². The summed E-state index contributed by atoms with van der Waals surface area (Å²) in [5.74, 6) is 1.75. The van der Waals surface area contributed by atoms with Gasteiger partial charge in [-0.2, -0.15) is 0 Å². The summed E-state index contributed by atoms with van der Waals surface area (Å²) < 4.78 is 3.91. The lowest BCUT2D eigenvalue weighted by molar-refractivity contribution is 0.702. The van der Waals surface area contributed by atoms with Crippen molar-refractivity contribution in [1.29, 1.82) is 0 Å². The first-order valence-electron chi connectivity index (χ1n) is 4.75. The van der Waals surface area contributed by atoms with Gasteiger partial charge in [0.05, 0.1) is 12.2 Å². The molecule has 2 rings (SSSR count). The molecule has 0 spiro atoms. The smallest absolute Gasteiger partial charge is 0.203 e. The van der Waals surface area contributed by atoms with Crippen LogP contribution in [0, 0.1) is 6.92 Å². The second-order valence-corrected chi connectivity index (χ2v) is 3.44. The van der Waals surface area contributed by atoms with E-state index in [4.69, 9.17) is 0 Å². The van der Waals surface area contributed by atoms with Crippen LogP contribution in [0.25, 0.3) is 0 Å². The summed E-state index contributed by atoms with van der Waals surface area (Å²) in [6.07, 6.45) is 3.68. The van der Waals surface area contributed by atoms with Crippen molar-refractivity contribution in [2.24, 2.45) is 7.05 Å². The summed E-state index contributed by atoms with van der Waals surface area (Å²) in [5.41, 5.74) is 0.988. The van der Waals surface area contributed by atoms with Gasteiger partial charge in [-0.05, 0) is 6.92 Å². The summed E-state index contributed by atoms with van der Waals surface area (Å²) in [6.45, 7) is 2.64. The van der Waals surface area contributed by atoms with Crippen molar-refractivity contribution in [1.82, 2.24) is 24.3 Å². The van der Waals surface area contributed by atoms with Crippen LogP contribution in [0.1, 0.15) is 11.5 Å². The van der Waals surface area contributed by atoms with Crippen molar-refractivity contribution >= 4 is 5.95 Å². The number of rotatable bonds is 3. The Hall–Kier alpha value is -1.85. The van der Waals surface area contributed by atoms with Crippen LogP contribution in [-0.4, -0.2) is 31.4 Å². The van der Waals surface area contributed by atoms with Crippen molar-refractivity contribution in [3.63, 3.8) is 0 Å². The maximum Gasteiger partial charge on any atom is 0.203 e. The maximum absolute atomic E-state index is 4.33. The number of imidazole rings is 1. The van der Waals surface area contributed by atoms with Gasteiger partial charge in [-0.1, -0.05) is 0 Å². The van der Waals surface area contributed by atoms with E-state index in [1.54, 1.807) is 6.33 Å². The quantitative estimate of drug-likeness (QED) is 0.790. The second kappa shape index (κ2) is 3.72. The normalized spacial score (nSPS) is 10.6. The highest BCUT2D eigenvalue weighted by atomic mass is 15.3. The van der Waals surface area contributed by atoms with E-state index >= 15 is 0 Å². The van der Waals surface area contributed by atoms with Gasteiger partial charge in [0, 0.05) is 20.3 Å². The zero-order chi connectivity index (χ0) is 10.8. The van der Waals surface area contributed by atoms with Crippen molar-refractivity contribution in [2.45, 2.75) is 13.5 Å². The van der Waals surface area contributed by atoms with Crippen LogP contribution in [-0.2, 0) is 13.6 Å². The van der Waals surface area contributed by atoms with E-state index < -0.39 is 0 Å². The van der Waals surface area contributed by atoms with Crippen LogP contribution >= 0.6 is 0 Å². The molecule has 0 aliphatic heterocycles. The minimum Gasteiger partial charge on any atom is -0.359 e. The topological polar surface area (TPSA) is 60.6 Å². The lowest BCUT2D eigenvalue weighted by Gasteiger charge is -2.05. The standard InChI is InChI=1S/C9H14N6/c1-7-4-15(9(10-2)12-7)5-8-13-11-6-14(8)3/h4,6H,5H2,1-3H3,(H,10,12). The Balaban J connectivity index is 2.27. The first kappa shape index (κ1) is 9.70. The Bertz CT molecular complexity index is 455. The fourth-order valence-corrected chi connectivity index (χ4v) is 1.47. The zero-order valence-corrected chi connectivity index (χ0v) is 9.10. The molecule has 0 amide bonds.